The van der Waals surface area contributed by atoms with Gasteiger partial charge in [-0.2, -0.15) is 0 Å². The van der Waals surface area contributed by atoms with Crippen LogP contribution in [0.1, 0.15) is 12.8 Å². The van der Waals surface area contributed by atoms with Crippen molar-refractivity contribution in [1.82, 2.24) is 10.3 Å². The number of piperidine rings is 1. The van der Waals surface area contributed by atoms with Crippen molar-refractivity contribution in [2.24, 2.45) is 0 Å². The molecule has 6 nitrogen and oxygen atoms in total. The summed E-state index contributed by atoms with van der Waals surface area (Å²) in [5, 5.41) is 14.2. The van der Waals surface area contributed by atoms with E-state index in [9.17, 15) is 14.3 Å². The van der Waals surface area contributed by atoms with Gasteiger partial charge in [0.05, 0.1) is 15.7 Å². The molecule has 1 aliphatic heterocycles. The first-order valence-electron chi connectivity index (χ1n) is 5.40. The zero-order valence-corrected chi connectivity index (χ0v) is 11.2. The highest BCUT2D eigenvalue weighted by Gasteiger charge is 2.22. The molecule has 1 saturated heterocycles. The van der Waals surface area contributed by atoms with Gasteiger partial charge < -0.3 is 5.32 Å². The van der Waals surface area contributed by atoms with E-state index in [0.29, 0.717) is 5.03 Å². The van der Waals surface area contributed by atoms with Gasteiger partial charge in [-0.25, -0.2) is 4.98 Å². The first kappa shape index (κ1) is 15.0. The zero-order chi connectivity index (χ0) is 12.3. The summed E-state index contributed by atoms with van der Waals surface area (Å²) >= 11 is 0. The van der Waals surface area contributed by atoms with Crippen LogP contribution in [0.5, 0.6) is 0 Å². The van der Waals surface area contributed by atoms with Crippen LogP contribution in [0.2, 0.25) is 0 Å². The van der Waals surface area contributed by atoms with Gasteiger partial charge in [0, 0.05) is 11.3 Å². The molecule has 1 aliphatic rings. The van der Waals surface area contributed by atoms with Crippen molar-refractivity contribution in [3.63, 3.8) is 0 Å². The molecule has 0 aromatic carbocycles. The van der Waals surface area contributed by atoms with E-state index >= 15 is 0 Å². The molecule has 1 fully saturated rings. The van der Waals surface area contributed by atoms with E-state index in [-0.39, 0.29) is 23.3 Å². The molecule has 1 N–H and O–H groups in total. The van der Waals surface area contributed by atoms with Crippen LogP contribution in [0.4, 0.5) is 5.69 Å². The summed E-state index contributed by atoms with van der Waals surface area (Å²) in [6.45, 7) is 1.73. The molecule has 0 radical (unpaired) electrons. The van der Waals surface area contributed by atoms with Gasteiger partial charge in [-0.1, -0.05) is 0 Å². The Bertz CT molecular complexity index is 434. The molecule has 2 heterocycles. The maximum absolute atomic E-state index is 12.1. The Labute approximate surface area is 113 Å². The average Bonchev–Trinajstić information content (AvgIpc) is 2.39. The van der Waals surface area contributed by atoms with Gasteiger partial charge in [-0.05, 0) is 32.0 Å². The van der Waals surface area contributed by atoms with Crippen molar-refractivity contribution < 1.29 is 9.13 Å². The quantitative estimate of drug-likeness (QED) is 0.669. The Morgan fingerprint density at radius 3 is 2.56 bits per heavy atom. The highest BCUT2D eigenvalue weighted by atomic mass is 35.5. The normalized spacial score (nSPS) is 17.8. The number of halogens is 1. The number of hydrogen-bond acceptors (Lipinski definition) is 5. The van der Waals surface area contributed by atoms with Gasteiger partial charge >= 0.3 is 0 Å². The first-order valence-corrected chi connectivity index (χ1v) is 6.61. The lowest BCUT2D eigenvalue weighted by Crippen LogP contribution is -2.33. The Kier molecular flexibility index (Phi) is 5.64. The Morgan fingerprint density at radius 2 is 2.06 bits per heavy atom. The van der Waals surface area contributed by atoms with Gasteiger partial charge in [-0.15, -0.1) is 12.4 Å². The minimum absolute atomic E-state index is 0. The van der Waals surface area contributed by atoms with E-state index in [1.165, 1.54) is 12.1 Å². The van der Waals surface area contributed by atoms with E-state index in [4.69, 9.17) is 0 Å². The first-order chi connectivity index (χ1) is 8.18. The van der Waals surface area contributed by atoms with E-state index < -0.39 is 15.7 Å². The molecule has 0 amide bonds. The maximum Gasteiger partial charge on any atom is 0.287 e. The van der Waals surface area contributed by atoms with Crippen LogP contribution in [0.25, 0.3) is 0 Å². The molecule has 0 spiro atoms. The van der Waals surface area contributed by atoms with Crippen molar-refractivity contribution in [3.05, 3.63) is 28.4 Å². The molecule has 100 valence electrons. The number of rotatable bonds is 3. The topological polar surface area (TPSA) is 85.1 Å². The van der Waals surface area contributed by atoms with Crippen LogP contribution in [-0.4, -0.2) is 32.5 Å². The maximum atomic E-state index is 12.1. The van der Waals surface area contributed by atoms with E-state index in [0.717, 1.165) is 32.1 Å². The molecular weight excluding hydrogens is 278 g/mol. The molecule has 1 aromatic heterocycles. The smallest absolute Gasteiger partial charge is 0.287 e. The van der Waals surface area contributed by atoms with Gasteiger partial charge in [0.1, 0.15) is 11.2 Å². The molecule has 0 aliphatic carbocycles. The van der Waals surface area contributed by atoms with Crippen LogP contribution in [0, 0.1) is 10.1 Å². The van der Waals surface area contributed by atoms with Gasteiger partial charge in [0.15, 0.2) is 0 Å². The monoisotopic (exact) mass is 291 g/mol. The number of pyridine rings is 1. The van der Waals surface area contributed by atoms with Crippen LogP contribution < -0.4 is 5.32 Å². The Hall–Kier alpha value is -1.05. The van der Waals surface area contributed by atoms with Gasteiger partial charge in [-0.3, -0.25) is 14.3 Å². The molecule has 2 rings (SSSR count). The fraction of sp³-hybridized carbons (Fsp3) is 0.500. The lowest BCUT2D eigenvalue weighted by molar-refractivity contribution is -0.385. The average molecular weight is 292 g/mol. The van der Waals surface area contributed by atoms with Crippen molar-refractivity contribution in [1.29, 1.82) is 0 Å². The summed E-state index contributed by atoms with van der Waals surface area (Å²) in [5.41, 5.74) is -0.0731. The Morgan fingerprint density at radius 1 is 1.39 bits per heavy atom. The third-order valence-corrected chi connectivity index (χ3v) is 4.46. The fourth-order valence-electron chi connectivity index (χ4n) is 1.78. The van der Waals surface area contributed by atoms with E-state index in [1.54, 1.807) is 0 Å². The van der Waals surface area contributed by atoms with E-state index in [2.05, 4.69) is 10.3 Å². The number of hydrogen-bond donors (Lipinski definition) is 1. The molecule has 0 saturated carbocycles. The number of nitrogens with zero attached hydrogens (tertiary/aromatic N) is 2. The number of nitrogens with one attached hydrogen (secondary N) is 1. The predicted octanol–water partition coefficient (Wildman–Crippen LogP) is 1.27. The lowest BCUT2D eigenvalue weighted by atomic mass is 10.2. The van der Waals surface area contributed by atoms with Crippen LogP contribution >= 0.6 is 12.4 Å². The fourth-order valence-corrected chi connectivity index (χ4v) is 3.14. The SMILES string of the molecule is Cl.O=[N+]([O-])c1ccc(S(=O)C2CCNCC2)nc1. The third-order valence-electron chi connectivity index (χ3n) is 2.73. The third kappa shape index (κ3) is 3.47. The highest BCUT2D eigenvalue weighted by molar-refractivity contribution is 7.85. The second-order valence-electron chi connectivity index (χ2n) is 3.86. The summed E-state index contributed by atoms with van der Waals surface area (Å²) in [6, 6.07) is 2.83. The summed E-state index contributed by atoms with van der Waals surface area (Å²) in [4.78, 5) is 13.9. The summed E-state index contributed by atoms with van der Waals surface area (Å²) < 4.78 is 12.1. The summed E-state index contributed by atoms with van der Waals surface area (Å²) in [5.74, 6) is 0. The predicted molar refractivity (Wildman–Crippen MR) is 70.4 cm³/mol. The molecule has 8 heteroatoms. The highest BCUT2D eigenvalue weighted by Crippen LogP contribution is 2.18. The standard InChI is InChI=1S/C10H13N3O3S.ClH/c14-13(15)8-1-2-10(12-7-8)17(16)9-3-5-11-6-4-9;/h1-2,7,9,11H,3-6H2;1H. The molecule has 1 unspecified atom stereocenters. The lowest BCUT2D eigenvalue weighted by Gasteiger charge is -2.21. The zero-order valence-electron chi connectivity index (χ0n) is 9.57. The van der Waals surface area contributed by atoms with Gasteiger partial charge in [0.25, 0.3) is 5.69 Å². The second-order valence-corrected chi connectivity index (χ2v) is 5.54. The van der Waals surface area contributed by atoms with Crippen molar-refractivity contribution >= 4 is 28.9 Å². The summed E-state index contributed by atoms with van der Waals surface area (Å²) in [7, 11) is -1.17. The van der Waals surface area contributed by atoms with Crippen molar-refractivity contribution in [3.8, 4) is 0 Å². The van der Waals surface area contributed by atoms with Crippen LogP contribution in [0.15, 0.2) is 23.4 Å². The second kappa shape index (κ2) is 6.77. The molecule has 0 bridgehead atoms. The molecule has 1 aromatic rings. The van der Waals surface area contributed by atoms with Crippen LogP contribution in [-0.2, 0) is 10.8 Å². The number of nitro groups is 1. The largest absolute Gasteiger partial charge is 0.317 e. The molecular formula is C10H14ClN3O3S. The number of aromatic nitrogens is 1. The molecule has 18 heavy (non-hydrogen) atoms. The minimum Gasteiger partial charge on any atom is -0.317 e. The van der Waals surface area contributed by atoms with Crippen LogP contribution in [0.3, 0.4) is 0 Å². The van der Waals surface area contributed by atoms with Gasteiger partial charge in [0.2, 0.25) is 0 Å². The van der Waals surface area contributed by atoms with E-state index in [1.807, 2.05) is 0 Å². The minimum atomic E-state index is -1.17. The van der Waals surface area contributed by atoms with Crippen molar-refractivity contribution in [2.45, 2.75) is 23.1 Å². The summed E-state index contributed by atoms with van der Waals surface area (Å²) in [6.07, 6.45) is 2.87. The Balaban J connectivity index is 0.00000162. The molecule has 1 atom stereocenters. The van der Waals surface area contributed by atoms with Crippen molar-refractivity contribution in [2.75, 3.05) is 13.1 Å².